The van der Waals surface area contributed by atoms with Crippen molar-refractivity contribution >= 4 is 41.7 Å². The number of thioether (sulfide) groups is 1. The number of nitrogens with zero attached hydrogens (tertiary/aromatic N) is 3. The van der Waals surface area contributed by atoms with Gasteiger partial charge in [0.1, 0.15) is 0 Å². The van der Waals surface area contributed by atoms with Crippen LogP contribution in [0, 0.1) is 0 Å². The summed E-state index contributed by atoms with van der Waals surface area (Å²) in [5.41, 5.74) is 0. The van der Waals surface area contributed by atoms with Crippen LogP contribution in [0.15, 0.2) is 9.52 Å². The fourth-order valence-electron chi connectivity index (χ4n) is 1.64. The molecule has 128 valence electrons. The fourth-order valence-corrected chi connectivity index (χ4v) is 1.94. The third-order valence-corrected chi connectivity index (χ3v) is 3.37. The van der Waals surface area contributed by atoms with Crippen molar-refractivity contribution in [1.29, 1.82) is 0 Å². The van der Waals surface area contributed by atoms with Gasteiger partial charge >= 0.3 is 0 Å². The number of hydrogen-bond acceptors (Lipinski definition) is 5. The SMILES string of the molecule is CCNC(=NCCCc1nc(C(C)C)no1)NCCSC.I. The van der Waals surface area contributed by atoms with Crippen molar-refractivity contribution in [3.63, 3.8) is 0 Å². The minimum Gasteiger partial charge on any atom is -0.357 e. The van der Waals surface area contributed by atoms with E-state index >= 15 is 0 Å². The van der Waals surface area contributed by atoms with Crippen molar-refractivity contribution in [2.24, 2.45) is 4.99 Å². The largest absolute Gasteiger partial charge is 0.357 e. The van der Waals surface area contributed by atoms with Crippen molar-refractivity contribution in [2.45, 2.75) is 39.5 Å². The van der Waals surface area contributed by atoms with Crippen LogP contribution >= 0.6 is 35.7 Å². The summed E-state index contributed by atoms with van der Waals surface area (Å²) in [6.45, 7) is 8.72. The van der Waals surface area contributed by atoms with Crippen LogP contribution in [0.2, 0.25) is 0 Å². The van der Waals surface area contributed by atoms with E-state index < -0.39 is 0 Å². The van der Waals surface area contributed by atoms with Crippen molar-refractivity contribution < 1.29 is 4.52 Å². The first-order chi connectivity index (χ1) is 10.2. The number of rotatable bonds is 9. The predicted octanol–water partition coefficient (Wildman–Crippen LogP) is 2.66. The zero-order valence-electron chi connectivity index (χ0n) is 13.9. The minimum absolute atomic E-state index is 0. The average molecular weight is 441 g/mol. The molecule has 0 aliphatic heterocycles. The quantitative estimate of drug-likeness (QED) is 0.266. The van der Waals surface area contributed by atoms with Crippen LogP contribution in [0.25, 0.3) is 0 Å². The van der Waals surface area contributed by atoms with Gasteiger partial charge < -0.3 is 15.2 Å². The number of hydrogen-bond donors (Lipinski definition) is 2. The fraction of sp³-hybridized carbons (Fsp3) is 0.786. The van der Waals surface area contributed by atoms with Crippen LogP contribution < -0.4 is 10.6 Å². The molecule has 0 aromatic carbocycles. The molecule has 0 radical (unpaired) electrons. The maximum atomic E-state index is 5.22. The average Bonchev–Trinajstić information content (AvgIpc) is 2.93. The summed E-state index contributed by atoms with van der Waals surface area (Å²) in [7, 11) is 0. The van der Waals surface area contributed by atoms with Crippen LogP contribution in [0.3, 0.4) is 0 Å². The van der Waals surface area contributed by atoms with Crippen LogP contribution in [-0.2, 0) is 6.42 Å². The van der Waals surface area contributed by atoms with Crippen LogP contribution in [0.4, 0.5) is 0 Å². The number of aryl methyl sites for hydroxylation is 1. The molecule has 1 aromatic heterocycles. The van der Waals surface area contributed by atoms with Crippen molar-refractivity contribution in [3.8, 4) is 0 Å². The molecule has 0 fully saturated rings. The molecule has 0 bridgehead atoms. The first-order valence-corrected chi connectivity index (χ1v) is 8.90. The zero-order chi connectivity index (χ0) is 15.5. The van der Waals surface area contributed by atoms with Crippen LogP contribution in [0.1, 0.15) is 44.8 Å². The molecule has 0 amide bonds. The Labute approximate surface area is 154 Å². The second-order valence-electron chi connectivity index (χ2n) is 4.98. The molecular formula is C14H28IN5OS. The number of aromatic nitrogens is 2. The lowest BCUT2D eigenvalue weighted by molar-refractivity contribution is 0.369. The Morgan fingerprint density at radius 2 is 2.14 bits per heavy atom. The maximum absolute atomic E-state index is 5.22. The molecule has 0 spiro atoms. The van der Waals surface area contributed by atoms with E-state index in [0.717, 1.165) is 50.0 Å². The first kappa shape index (κ1) is 21.5. The molecule has 1 aromatic rings. The molecule has 0 atom stereocenters. The molecule has 0 aliphatic rings. The van der Waals surface area contributed by atoms with Gasteiger partial charge in [-0.1, -0.05) is 19.0 Å². The highest BCUT2D eigenvalue weighted by Crippen LogP contribution is 2.10. The molecular weight excluding hydrogens is 413 g/mol. The summed E-state index contributed by atoms with van der Waals surface area (Å²) >= 11 is 1.82. The Morgan fingerprint density at radius 1 is 1.36 bits per heavy atom. The van der Waals surface area contributed by atoms with Crippen molar-refractivity contribution in [2.75, 3.05) is 31.6 Å². The van der Waals surface area contributed by atoms with E-state index in [1.165, 1.54) is 0 Å². The van der Waals surface area contributed by atoms with Gasteiger partial charge in [-0.25, -0.2) is 0 Å². The lowest BCUT2D eigenvalue weighted by atomic mass is 10.2. The number of aliphatic imine (C=N–C) groups is 1. The molecule has 8 heteroatoms. The third-order valence-electron chi connectivity index (χ3n) is 2.76. The first-order valence-electron chi connectivity index (χ1n) is 7.51. The standard InChI is InChI=1S/C14H27N5OS.HI/c1-5-15-14(17-9-10-21-4)16-8-6-7-12-18-13(11(2)3)19-20-12;/h11H,5-10H2,1-4H3,(H2,15,16,17);1H. The van der Waals surface area contributed by atoms with Gasteiger partial charge in [-0.05, 0) is 19.6 Å². The predicted molar refractivity (Wildman–Crippen MR) is 104 cm³/mol. The van der Waals surface area contributed by atoms with Gasteiger partial charge in [0.05, 0.1) is 0 Å². The number of nitrogens with one attached hydrogen (secondary N) is 2. The van der Waals surface area contributed by atoms with Gasteiger partial charge in [0.25, 0.3) is 0 Å². The molecule has 0 saturated carbocycles. The van der Waals surface area contributed by atoms with E-state index in [4.69, 9.17) is 4.52 Å². The Bertz CT molecular complexity index is 425. The van der Waals surface area contributed by atoms with Gasteiger partial charge in [-0.15, -0.1) is 24.0 Å². The maximum Gasteiger partial charge on any atom is 0.226 e. The molecule has 1 rings (SSSR count). The molecule has 1 heterocycles. The third kappa shape index (κ3) is 8.82. The van der Waals surface area contributed by atoms with E-state index in [9.17, 15) is 0 Å². The smallest absolute Gasteiger partial charge is 0.226 e. The highest BCUT2D eigenvalue weighted by atomic mass is 127. The zero-order valence-corrected chi connectivity index (χ0v) is 17.0. The molecule has 22 heavy (non-hydrogen) atoms. The summed E-state index contributed by atoms with van der Waals surface area (Å²) in [5.74, 6) is 3.74. The van der Waals surface area contributed by atoms with E-state index in [-0.39, 0.29) is 24.0 Å². The van der Waals surface area contributed by atoms with Gasteiger partial charge in [-0.3, -0.25) is 4.99 Å². The highest BCUT2D eigenvalue weighted by molar-refractivity contribution is 14.0. The Balaban J connectivity index is 0.00000441. The van der Waals surface area contributed by atoms with Gasteiger partial charge in [-0.2, -0.15) is 16.7 Å². The van der Waals surface area contributed by atoms with E-state index in [1.807, 2.05) is 11.8 Å². The van der Waals surface area contributed by atoms with E-state index in [0.29, 0.717) is 11.8 Å². The molecule has 6 nitrogen and oxygen atoms in total. The van der Waals surface area contributed by atoms with Crippen molar-refractivity contribution in [1.82, 2.24) is 20.8 Å². The van der Waals surface area contributed by atoms with Gasteiger partial charge in [0.15, 0.2) is 11.8 Å². The van der Waals surface area contributed by atoms with Crippen molar-refractivity contribution in [3.05, 3.63) is 11.7 Å². The molecule has 0 aliphatic carbocycles. The molecule has 0 unspecified atom stereocenters. The molecule has 2 N–H and O–H groups in total. The summed E-state index contributed by atoms with van der Waals surface area (Å²) in [6.07, 6.45) is 3.77. The van der Waals surface area contributed by atoms with E-state index in [1.54, 1.807) is 0 Å². The summed E-state index contributed by atoms with van der Waals surface area (Å²) < 4.78 is 5.22. The lowest BCUT2D eigenvalue weighted by Gasteiger charge is -2.10. The number of halogens is 1. The van der Waals surface area contributed by atoms with Gasteiger partial charge in [0, 0.05) is 37.7 Å². The highest BCUT2D eigenvalue weighted by Gasteiger charge is 2.08. The van der Waals surface area contributed by atoms with Crippen LogP contribution in [0.5, 0.6) is 0 Å². The Morgan fingerprint density at radius 3 is 2.73 bits per heavy atom. The van der Waals surface area contributed by atoms with E-state index in [2.05, 4.69) is 52.8 Å². The summed E-state index contributed by atoms with van der Waals surface area (Å²) in [4.78, 5) is 8.90. The number of guanidine groups is 1. The normalized spacial score (nSPS) is 11.4. The second kappa shape index (κ2) is 13.0. The lowest BCUT2D eigenvalue weighted by Crippen LogP contribution is -2.38. The monoisotopic (exact) mass is 441 g/mol. The minimum atomic E-state index is 0. The Hall–Kier alpha value is -0.510. The summed E-state index contributed by atoms with van der Waals surface area (Å²) in [6, 6.07) is 0. The molecule has 0 saturated heterocycles. The van der Waals surface area contributed by atoms with Gasteiger partial charge in [0.2, 0.25) is 5.89 Å². The topological polar surface area (TPSA) is 75.3 Å². The van der Waals surface area contributed by atoms with Crippen LogP contribution in [-0.4, -0.2) is 47.7 Å². The Kier molecular flexibility index (Phi) is 12.7. The summed E-state index contributed by atoms with van der Waals surface area (Å²) in [5, 5.41) is 10.5. The second-order valence-corrected chi connectivity index (χ2v) is 5.97.